The van der Waals surface area contributed by atoms with E-state index >= 15 is 0 Å². The van der Waals surface area contributed by atoms with Crippen molar-refractivity contribution in [2.45, 2.75) is 5.41 Å². The molecule has 12 aromatic rings. The van der Waals surface area contributed by atoms with E-state index < -0.39 is 5.41 Å². The fourth-order valence-electron chi connectivity index (χ4n) is 11.2. The SMILES string of the molecule is c1ccc(-c2cccc(-c3cc(-c4ccc(-c5cc(-c6ccccc6)cc(-c6cccc7c6-c6ccccc6C7(c6ccccc6)c6ccccc6)c5)c5ccccc45)nc(-c4ccccc4)n3)c2)cc1. The van der Waals surface area contributed by atoms with Crippen LogP contribution in [-0.2, 0) is 5.41 Å². The minimum absolute atomic E-state index is 0.498. The van der Waals surface area contributed by atoms with Gasteiger partial charge in [-0.2, -0.15) is 0 Å². The maximum atomic E-state index is 5.34. The van der Waals surface area contributed by atoms with E-state index in [1.807, 2.05) is 6.07 Å². The predicted octanol–water partition coefficient (Wildman–Crippen LogP) is 17.7. The van der Waals surface area contributed by atoms with Crippen LogP contribution in [0.25, 0.3) is 100 Å². The van der Waals surface area contributed by atoms with Gasteiger partial charge in [-0.25, -0.2) is 9.97 Å². The molecule has 1 aromatic heterocycles. The Morgan fingerprint density at radius 1 is 0.239 bits per heavy atom. The first-order chi connectivity index (χ1) is 35.2. The van der Waals surface area contributed by atoms with Crippen molar-refractivity contribution in [3.05, 3.63) is 301 Å². The quantitative estimate of drug-likeness (QED) is 0.144. The Balaban J connectivity index is 1.01. The molecule has 0 bridgehead atoms. The maximum Gasteiger partial charge on any atom is 0.160 e. The molecule has 0 fully saturated rings. The Labute approximate surface area is 414 Å². The van der Waals surface area contributed by atoms with Gasteiger partial charge in [0, 0.05) is 16.7 Å². The molecule has 0 radical (unpaired) electrons. The zero-order valence-electron chi connectivity index (χ0n) is 39.0. The summed E-state index contributed by atoms with van der Waals surface area (Å²) in [5, 5.41) is 2.29. The lowest BCUT2D eigenvalue weighted by Crippen LogP contribution is -2.28. The van der Waals surface area contributed by atoms with Crippen LogP contribution in [0, 0.1) is 0 Å². The minimum atomic E-state index is -0.498. The van der Waals surface area contributed by atoms with Gasteiger partial charge in [0.15, 0.2) is 5.82 Å². The number of fused-ring (bicyclic) bond motifs is 4. The zero-order chi connectivity index (χ0) is 47.1. The number of nitrogens with zero attached hydrogens (tertiary/aromatic N) is 2. The smallest absolute Gasteiger partial charge is 0.160 e. The van der Waals surface area contributed by atoms with Gasteiger partial charge in [0.25, 0.3) is 0 Å². The lowest BCUT2D eigenvalue weighted by atomic mass is 9.67. The Hall–Kier alpha value is -9.24. The van der Waals surface area contributed by atoms with E-state index in [-0.39, 0.29) is 0 Å². The monoisotopic (exact) mass is 902 g/mol. The molecule has 0 saturated heterocycles. The van der Waals surface area contributed by atoms with Crippen molar-refractivity contribution in [1.82, 2.24) is 9.97 Å². The number of benzene rings is 11. The highest BCUT2D eigenvalue weighted by atomic mass is 14.9. The molecule has 71 heavy (non-hydrogen) atoms. The summed E-state index contributed by atoms with van der Waals surface area (Å²) in [6, 6.07) is 101. The largest absolute Gasteiger partial charge is 0.228 e. The molecular weight excluding hydrogens is 857 g/mol. The van der Waals surface area contributed by atoms with E-state index in [0.29, 0.717) is 5.82 Å². The average Bonchev–Trinajstić information content (AvgIpc) is 3.77. The van der Waals surface area contributed by atoms with Crippen LogP contribution in [0.4, 0.5) is 0 Å². The first-order valence-corrected chi connectivity index (χ1v) is 24.4. The molecule has 0 amide bonds. The van der Waals surface area contributed by atoms with E-state index in [9.17, 15) is 0 Å². The Kier molecular flexibility index (Phi) is 10.4. The van der Waals surface area contributed by atoms with Crippen LogP contribution < -0.4 is 0 Å². The lowest BCUT2D eigenvalue weighted by molar-refractivity contribution is 0.768. The second kappa shape index (κ2) is 17.7. The second-order valence-electron chi connectivity index (χ2n) is 18.4. The van der Waals surface area contributed by atoms with Crippen molar-refractivity contribution < 1.29 is 0 Å². The van der Waals surface area contributed by atoms with Crippen LogP contribution in [0.2, 0.25) is 0 Å². The van der Waals surface area contributed by atoms with Gasteiger partial charge in [-0.1, -0.05) is 249 Å². The second-order valence-corrected chi connectivity index (χ2v) is 18.4. The fourth-order valence-corrected chi connectivity index (χ4v) is 11.2. The summed E-state index contributed by atoms with van der Waals surface area (Å²) in [6.45, 7) is 0. The topological polar surface area (TPSA) is 25.8 Å². The third kappa shape index (κ3) is 7.28. The molecule has 332 valence electrons. The molecule has 0 N–H and O–H groups in total. The highest BCUT2D eigenvalue weighted by Crippen LogP contribution is 2.58. The molecule has 0 unspecified atom stereocenters. The maximum absolute atomic E-state index is 5.34. The molecule has 1 heterocycles. The Morgan fingerprint density at radius 2 is 0.676 bits per heavy atom. The number of hydrogen-bond acceptors (Lipinski definition) is 2. The summed E-state index contributed by atoms with van der Waals surface area (Å²) < 4.78 is 0. The molecule has 2 nitrogen and oxygen atoms in total. The van der Waals surface area contributed by atoms with Crippen molar-refractivity contribution in [3.8, 4) is 89.5 Å². The van der Waals surface area contributed by atoms with Gasteiger partial charge in [-0.05, 0) is 119 Å². The van der Waals surface area contributed by atoms with Crippen LogP contribution in [0.5, 0.6) is 0 Å². The fraction of sp³-hybridized carbons (Fsp3) is 0.0145. The molecule has 13 rings (SSSR count). The van der Waals surface area contributed by atoms with E-state index in [0.717, 1.165) is 55.5 Å². The molecule has 0 spiro atoms. The van der Waals surface area contributed by atoms with Gasteiger partial charge >= 0.3 is 0 Å². The van der Waals surface area contributed by atoms with Crippen molar-refractivity contribution in [1.29, 1.82) is 0 Å². The standard InChI is InChI=1S/C69H46N2/c1-6-22-47(23-7-1)50-28-20-29-51(42-50)65-46-66(71-68(70-65)49-26-10-3-11-27-49)61-41-40-57(59-34-16-17-35-60(59)61)53-43-52(48-24-8-2-9-25-48)44-54(45-53)58-37-21-39-64-67(58)62-36-18-19-38-63(62)69(64,55-30-12-4-13-31-55)56-32-14-5-15-33-56/h1-46H. The van der Waals surface area contributed by atoms with E-state index in [2.05, 4.69) is 273 Å². The van der Waals surface area contributed by atoms with Crippen molar-refractivity contribution in [3.63, 3.8) is 0 Å². The van der Waals surface area contributed by atoms with E-state index in [1.54, 1.807) is 0 Å². The first kappa shape index (κ1) is 41.9. The number of hydrogen-bond donors (Lipinski definition) is 0. The van der Waals surface area contributed by atoms with Crippen LogP contribution in [0.1, 0.15) is 22.3 Å². The van der Waals surface area contributed by atoms with Crippen LogP contribution in [-0.4, -0.2) is 9.97 Å². The number of rotatable bonds is 9. The summed E-state index contributed by atoms with van der Waals surface area (Å²) >= 11 is 0. The summed E-state index contributed by atoms with van der Waals surface area (Å²) in [4.78, 5) is 10.6. The molecule has 1 aliphatic rings. The first-order valence-electron chi connectivity index (χ1n) is 24.4. The van der Waals surface area contributed by atoms with Crippen LogP contribution in [0.3, 0.4) is 0 Å². The van der Waals surface area contributed by atoms with E-state index in [4.69, 9.17) is 9.97 Å². The van der Waals surface area contributed by atoms with Gasteiger partial charge in [0.2, 0.25) is 0 Å². The van der Waals surface area contributed by atoms with Gasteiger partial charge in [-0.3, -0.25) is 0 Å². The Morgan fingerprint density at radius 3 is 1.35 bits per heavy atom. The lowest BCUT2D eigenvalue weighted by Gasteiger charge is -2.34. The highest BCUT2D eigenvalue weighted by Gasteiger charge is 2.46. The molecule has 2 heteroatoms. The van der Waals surface area contributed by atoms with Crippen molar-refractivity contribution >= 4 is 10.8 Å². The van der Waals surface area contributed by atoms with Crippen molar-refractivity contribution in [2.24, 2.45) is 0 Å². The molecular formula is C69H46N2. The third-order valence-electron chi connectivity index (χ3n) is 14.4. The normalized spacial score (nSPS) is 12.3. The summed E-state index contributed by atoms with van der Waals surface area (Å²) in [5.41, 5.74) is 21.3. The van der Waals surface area contributed by atoms with E-state index in [1.165, 1.54) is 61.2 Å². The molecule has 11 aromatic carbocycles. The van der Waals surface area contributed by atoms with Crippen LogP contribution in [0.15, 0.2) is 279 Å². The summed E-state index contributed by atoms with van der Waals surface area (Å²) in [6.07, 6.45) is 0. The molecule has 1 aliphatic carbocycles. The highest BCUT2D eigenvalue weighted by molar-refractivity contribution is 6.06. The van der Waals surface area contributed by atoms with Gasteiger partial charge in [0.1, 0.15) is 0 Å². The summed E-state index contributed by atoms with van der Waals surface area (Å²) in [7, 11) is 0. The van der Waals surface area contributed by atoms with Crippen molar-refractivity contribution in [2.75, 3.05) is 0 Å². The predicted molar refractivity (Wildman–Crippen MR) is 295 cm³/mol. The van der Waals surface area contributed by atoms with Crippen LogP contribution >= 0.6 is 0 Å². The van der Waals surface area contributed by atoms with Gasteiger partial charge < -0.3 is 0 Å². The number of aromatic nitrogens is 2. The zero-order valence-corrected chi connectivity index (χ0v) is 39.0. The minimum Gasteiger partial charge on any atom is -0.228 e. The summed E-state index contributed by atoms with van der Waals surface area (Å²) in [5.74, 6) is 0.692. The average molecular weight is 903 g/mol. The Bertz CT molecular complexity index is 3860. The third-order valence-corrected chi connectivity index (χ3v) is 14.4. The molecule has 0 saturated carbocycles. The molecule has 0 aliphatic heterocycles. The van der Waals surface area contributed by atoms with Gasteiger partial charge in [-0.15, -0.1) is 0 Å². The van der Waals surface area contributed by atoms with Gasteiger partial charge in [0.05, 0.1) is 16.8 Å². The molecule has 0 atom stereocenters.